The lowest BCUT2D eigenvalue weighted by Gasteiger charge is -2.27. The number of rotatable bonds is 5. The molecule has 3 aromatic rings. The second-order valence-electron chi connectivity index (χ2n) is 8.01. The molecule has 7 heteroatoms. The first-order valence-electron chi connectivity index (χ1n) is 10.4. The van der Waals surface area contributed by atoms with Gasteiger partial charge in [-0.15, -0.1) is 0 Å². The molecule has 6 nitrogen and oxygen atoms in total. The smallest absolute Gasteiger partial charge is 0.339 e. The summed E-state index contributed by atoms with van der Waals surface area (Å²) in [6.07, 6.45) is 3.40. The summed E-state index contributed by atoms with van der Waals surface area (Å²) < 4.78 is 29.3. The van der Waals surface area contributed by atoms with Crippen LogP contribution in [-0.4, -0.2) is 38.7 Å². The molecule has 5 rings (SSSR count). The number of benzene rings is 3. The number of carbonyl (C=O) groups excluding carboxylic acids is 2. The Labute approximate surface area is 186 Å². The summed E-state index contributed by atoms with van der Waals surface area (Å²) in [5, 5.41) is 3.06. The van der Waals surface area contributed by atoms with E-state index in [1.54, 1.807) is 30.3 Å². The van der Waals surface area contributed by atoms with Crippen LogP contribution >= 0.6 is 0 Å². The molecule has 0 radical (unpaired) electrons. The van der Waals surface area contributed by atoms with Crippen molar-refractivity contribution in [2.24, 2.45) is 0 Å². The standard InChI is InChI=1S/C25H21NO5S/c27-23(26(19-6-2-1-3-7-19)20-13-14-32(29,30)16-20)15-31-25(28)22-12-11-18-10-9-17-5-4-8-21(22)24(17)18/h1-8,11-14,20H,9-10,15-16H2. The first-order valence-corrected chi connectivity index (χ1v) is 12.1. The molecule has 0 fully saturated rings. The SMILES string of the molecule is O=C(OCC(=O)N(c1ccccc1)C1C=CS(=O)(=O)C1)c1ccc2c3c(cccc13)CC2. The van der Waals surface area contributed by atoms with Gasteiger partial charge in [-0.05, 0) is 59.0 Å². The monoisotopic (exact) mass is 447 g/mol. The Morgan fingerprint density at radius 1 is 0.938 bits per heavy atom. The van der Waals surface area contributed by atoms with Gasteiger partial charge in [0.1, 0.15) is 0 Å². The normalized spacial score (nSPS) is 18.1. The van der Waals surface area contributed by atoms with Gasteiger partial charge in [0.25, 0.3) is 5.91 Å². The molecule has 0 saturated carbocycles. The largest absolute Gasteiger partial charge is 0.452 e. The minimum Gasteiger partial charge on any atom is -0.452 e. The number of ether oxygens (including phenoxy) is 1. The quantitative estimate of drug-likeness (QED) is 0.560. The van der Waals surface area contributed by atoms with E-state index in [2.05, 4.69) is 6.07 Å². The first kappa shape index (κ1) is 20.5. The predicted octanol–water partition coefficient (Wildman–Crippen LogP) is 3.44. The maximum absolute atomic E-state index is 13.1. The molecule has 0 saturated heterocycles. The summed E-state index contributed by atoms with van der Waals surface area (Å²) in [5.41, 5.74) is 3.40. The molecule has 0 aromatic heterocycles. The average Bonchev–Trinajstić information content (AvgIpc) is 3.37. The van der Waals surface area contributed by atoms with E-state index in [4.69, 9.17) is 4.74 Å². The highest BCUT2D eigenvalue weighted by atomic mass is 32.2. The number of hydrogen-bond acceptors (Lipinski definition) is 5. The van der Waals surface area contributed by atoms with Gasteiger partial charge in [0.05, 0.1) is 17.4 Å². The maximum atomic E-state index is 13.1. The van der Waals surface area contributed by atoms with Gasteiger partial charge in [0.15, 0.2) is 16.4 Å². The van der Waals surface area contributed by atoms with Crippen LogP contribution in [0.1, 0.15) is 21.5 Å². The van der Waals surface area contributed by atoms with Crippen molar-refractivity contribution in [1.29, 1.82) is 0 Å². The van der Waals surface area contributed by atoms with Crippen LogP contribution in [0.25, 0.3) is 10.8 Å². The van der Waals surface area contributed by atoms with E-state index >= 15 is 0 Å². The van der Waals surface area contributed by atoms with E-state index in [9.17, 15) is 18.0 Å². The van der Waals surface area contributed by atoms with Crippen molar-refractivity contribution in [1.82, 2.24) is 0 Å². The van der Waals surface area contributed by atoms with Crippen LogP contribution in [0.4, 0.5) is 5.69 Å². The van der Waals surface area contributed by atoms with Crippen LogP contribution in [0.3, 0.4) is 0 Å². The zero-order valence-electron chi connectivity index (χ0n) is 17.2. The lowest BCUT2D eigenvalue weighted by atomic mass is 10.00. The van der Waals surface area contributed by atoms with Gasteiger partial charge in [-0.1, -0.05) is 42.5 Å². The summed E-state index contributed by atoms with van der Waals surface area (Å²) in [6.45, 7) is -0.485. The molecule has 1 heterocycles. The fourth-order valence-corrected chi connectivity index (χ4v) is 5.80. The summed E-state index contributed by atoms with van der Waals surface area (Å²) in [7, 11) is -3.37. The third-order valence-corrected chi connectivity index (χ3v) is 7.35. The van der Waals surface area contributed by atoms with Gasteiger partial charge in [-0.25, -0.2) is 13.2 Å². The minimum absolute atomic E-state index is 0.198. The van der Waals surface area contributed by atoms with E-state index < -0.39 is 34.4 Å². The highest BCUT2D eigenvalue weighted by Crippen LogP contribution is 2.33. The number of sulfone groups is 1. The molecule has 0 N–H and O–H groups in total. The van der Waals surface area contributed by atoms with E-state index in [0.29, 0.717) is 11.3 Å². The zero-order valence-corrected chi connectivity index (χ0v) is 18.0. The second-order valence-corrected chi connectivity index (χ2v) is 9.94. The molecule has 1 unspecified atom stereocenters. The molecule has 1 atom stereocenters. The van der Waals surface area contributed by atoms with Crippen LogP contribution in [0.15, 0.2) is 72.1 Å². The number of hydrogen-bond donors (Lipinski definition) is 0. The molecule has 32 heavy (non-hydrogen) atoms. The number of carbonyl (C=O) groups is 2. The zero-order chi connectivity index (χ0) is 22.3. The third kappa shape index (κ3) is 3.69. The van der Waals surface area contributed by atoms with Crippen LogP contribution in [0, 0.1) is 0 Å². The van der Waals surface area contributed by atoms with Crippen LogP contribution < -0.4 is 4.90 Å². The Kier molecular flexibility index (Phi) is 5.06. The Morgan fingerprint density at radius 3 is 2.41 bits per heavy atom. The Hall–Kier alpha value is -3.45. The highest BCUT2D eigenvalue weighted by molar-refractivity contribution is 7.94. The van der Waals surface area contributed by atoms with Gasteiger partial charge in [0.2, 0.25) is 0 Å². The van der Waals surface area contributed by atoms with Gasteiger partial charge in [-0.2, -0.15) is 0 Å². The second kappa shape index (κ2) is 7.91. The number of esters is 1. The summed E-state index contributed by atoms with van der Waals surface area (Å²) in [5.74, 6) is -1.25. The van der Waals surface area contributed by atoms with E-state index in [1.165, 1.54) is 22.1 Å². The lowest BCUT2D eigenvalue weighted by Crippen LogP contribution is -2.43. The van der Waals surface area contributed by atoms with Crippen molar-refractivity contribution >= 4 is 38.2 Å². The Morgan fingerprint density at radius 2 is 1.69 bits per heavy atom. The van der Waals surface area contributed by atoms with Crippen LogP contribution in [0.2, 0.25) is 0 Å². The van der Waals surface area contributed by atoms with Crippen molar-refractivity contribution in [3.8, 4) is 0 Å². The van der Waals surface area contributed by atoms with Gasteiger partial charge in [-0.3, -0.25) is 4.79 Å². The third-order valence-electron chi connectivity index (χ3n) is 5.97. The van der Waals surface area contributed by atoms with E-state index in [-0.39, 0.29) is 5.75 Å². The first-order chi connectivity index (χ1) is 15.4. The number of anilines is 1. The Balaban J connectivity index is 1.38. The number of nitrogens with zero attached hydrogens (tertiary/aromatic N) is 1. The average molecular weight is 448 g/mol. The van der Waals surface area contributed by atoms with Crippen molar-refractivity contribution in [3.05, 3.63) is 88.8 Å². The molecule has 1 amide bonds. The Bertz CT molecular complexity index is 1350. The molecule has 1 aliphatic heterocycles. The van der Waals surface area contributed by atoms with E-state index in [1.807, 2.05) is 24.3 Å². The van der Waals surface area contributed by atoms with Crippen LogP contribution in [-0.2, 0) is 32.2 Å². The minimum atomic E-state index is -3.37. The van der Waals surface area contributed by atoms with Crippen molar-refractivity contribution in [2.45, 2.75) is 18.9 Å². The summed E-state index contributed by atoms with van der Waals surface area (Å²) >= 11 is 0. The maximum Gasteiger partial charge on any atom is 0.339 e. The molecule has 2 aliphatic rings. The summed E-state index contributed by atoms with van der Waals surface area (Å²) in [6, 6.07) is 17.7. The van der Waals surface area contributed by atoms with Gasteiger partial charge < -0.3 is 9.64 Å². The van der Waals surface area contributed by atoms with Gasteiger partial charge in [0, 0.05) is 11.1 Å². The fourth-order valence-electron chi connectivity index (χ4n) is 4.53. The molecule has 3 aromatic carbocycles. The molecular weight excluding hydrogens is 426 g/mol. The predicted molar refractivity (Wildman–Crippen MR) is 122 cm³/mol. The lowest BCUT2D eigenvalue weighted by molar-refractivity contribution is -0.121. The van der Waals surface area contributed by atoms with Crippen molar-refractivity contribution in [3.63, 3.8) is 0 Å². The fraction of sp³-hybridized carbons (Fsp3) is 0.200. The van der Waals surface area contributed by atoms with Gasteiger partial charge >= 0.3 is 5.97 Å². The topological polar surface area (TPSA) is 80.8 Å². The van der Waals surface area contributed by atoms with E-state index in [0.717, 1.165) is 29.0 Å². The van der Waals surface area contributed by atoms with Crippen molar-refractivity contribution in [2.75, 3.05) is 17.3 Å². The molecule has 0 bridgehead atoms. The highest BCUT2D eigenvalue weighted by Gasteiger charge is 2.32. The van der Waals surface area contributed by atoms with Crippen molar-refractivity contribution < 1.29 is 22.7 Å². The molecule has 1 aliphatic carbocycles. The number of para-hydroxylation sites is 1. The van der Waals surface area contributed by atoms with Crippen LogP contribution in [0.5, 0.6) is 0 Å². The molecular formula is C25H21NO5S. The molecule has 162 valence electrons. The summed E-state index contributed by atoms with van der Waals surface area (Å²) in [4.78, 5) is 27.3. The molecule has 0 spiro atoms. The number of amides is 1. The number of aryl methyl sites for hydroxylation is 2.